The molecule has 6 heterocycles. The molecule has 0 bridgehead atoms. The zero-order valence-corrected chi connectivity index (χ0v) is 28.3. The number of hydrogen-bond donors (Lipinski definition) is 1. The van der Waals surface area contributed by atoms with E-state index < -0.39 is 11.4 Å². The quantitative estimate of drug-likeness (QED) is 0.210. The number of fused-ring (bicyclic) bond motifs is 2. The largest absolute Gasteiger partial charge is 0.493 e. The van der Waals surface area contributed by atoms with Crippen LogP contribution in [0.15, 0.2) is 42.0 Å². The van der Waals surface area contributed by atoms with Gasteiger partial charge in [0.15, 0.2) is 0 Å². The second-order valence-electron chi connectivity index (χ2n) is 13.0. The number of pyridine rings is 1. The second-order valence-corrected chi connectivity index (χ2v) is 15.0. The molecule has 0 saturated carbocycles. The lowest BCUT2D eigenvalue weighted by molar-refractivity contribution is -0.123. The Kier molecular flexibility index (Phi) is 8.21. The summed E-state index contributed by atoms with van der Waals surface area (Å²) in [6.07, 6.45) is 5.14. The third kappa shape index (κ3) is 6.46. The van der Waals surface area contributed by atoms with E-state index in [4.69, 9.17) is 19.4 Å². The third-order valence-electron chi connectivity index (χ3n) is 8.21. The van der Waals surface area contributed by atoms with Gasteiger partial charge in [0.05, 0.1) is 30.7 Å². The van der Waals surface area contributed by atoms with Gasteiger partial charge >= 0.3 is 6.09 Å². The summed E-state index contributed by atoms with van der Waals surface area (Å²) in [6.45, 7) is 7.37. The molecule has 1 fully saturated rings. The lowest BCUT2D eigenvalue weighted by Crippen LogP contribution is -2.39. The molecular formula is C34H35FN6O4S2. The number of rotatable bonds is 6. The van der Waals surface area contributed by atoms with Gasteiger partial charge in [0.2, 0.25) is 5.91 Å². The van der Waals surface area contributed by atoms with E-state index in [2.05, 4.69) is 10.4 Å². The lowest BCUT2D eigenvalue weighted by atomic mass is 9.97. The van der Waals surface area contributed by atoms with Crippen molar-refractivity contribution in [1.29, 1.82) is 0 Å². The highest BCUT2D eigenvalue weighted by atomic mass is 32.1. The smallest absolute Gasteiger partial charge is 0.410 e. The minimum atomic E-state index is -0.591. The summed E-state index contributed by atoms with van der Waals surface area (Å²) in [4.78, 5) is 38.0. The maximum absolute atomic E-state index is 14.8. The fraction of sp³-hybridized carbons (Fsp3) is 0.382. The number of aromatic nitrogens is 4. The van der Waals surface area contributed by atoms with Crippen molar-refractivity contribution in [3.05, 3.63) is 58.4 Å². The summed E-state index contributed by atoms with van der Waals surface area (Å²) in [6, 6.07) is 6.61. The SMILES string of the molecule is Cn1cc(-c2nc(-c3nc4c(s3)CN(C(=O)OC(C)(C)C)CC4)c(-c3ccc(F)cc3OCC3CCNC(=O)C3)c3sccc23)cn1. The van der Waals surface area contributed by atoms with Gasteiger partial charge in [-0.15, -0.1) is 22.7 Å². The molecule has 1 aromatic carbocycles. The Morgan fingerprint density at radius 3 is 2.81 bits per heavy atom. The number of thiophene rings is 1. The average Bonchev–Trinajstić information content (AvgIpc) is 3.78. The van der Waals surface area contributed by atoms with Crippen LogP contribution in [0.25, 0.3) is 43.2 Å². The fourth-order valence-electron chi connectivity index (χ4n) is 6.00. The van der Waals surface area contributed by atoms with E-state index in [1.807, 2.05) is 45.5 Å². The van der Waals surface area contributed by atoms with Crippen molar-refractivity contribution < 1.29 is 23.5 Å². The first-order valence-corrected chi connectivity index (χ1v) is 17.3. The van der Waals surface area contributed by atoms with E-state index in [1.54, 1.807) is 33.2 Å². The molecule has 13 heteroatoms. The number of nitrogens with zero attached hydrogens (tertiary/aromatic N) is 5. The maximum Gasteiger partial charge on any atom is 0.410 e. The molecule has 0 spiro atoms. The van der Waals surface area contributed by atoms with Crippen LogP contribution in [-0.4, -0.2) is 61.9 Å². The molecule has 0 aliphatic carbocycles. The first-order valence-electron chi connectivity index (χ1n) is 15.6. The van der Waals surface area contributed by atoms with Gasteiger partial charge in [-0.05, 0) is 50.8 Å². The highest BCUT2D eigenvalue weighted by Crippen LogP contribution is 2.47. The maximum atomic E-state index is 14.8. The van der Waals surface area contributed by atoms with Crippen LogP contribution in [0.5, 0.6) is 5.75 Å². The monoisotopic (exact) mass is 674 g/mol. The first kappa shape index (κ1) is 31.3. The molecule has 2 amide bonds. The molecule has 10 nitrogen and oxygen atoms in total. The van der Waals surface area contributed by atoms with E-state index in [-0.39, 0.29) is 17.9 Å². The lowest BCUT2D eigenvalue weighted by Gasteiger charge is -2.29. The fourth-order valence-corrected chi connectivity index (χ4v) is 8.07. The molecule has 1 saturated heterocycles. The van der Waals surface area contributed by atoms with Gasteiger partial charge in [0.25, 0.3) is 0 Å². The van der Waals surface area contributed by atoms with E-state index in [1.165, 1.54) is 23.5 Å². The zero-order valence-electron chi connectivity index (χ0n) is 26.6. The average molecular weight is 675 g/mol. The molecule has 47 heavy (non-hydrogen) atoms. The highest BCUT2D eigenvalue weighted by Gasteiger charge is 2.30. The molecule has 4 aromatic heterocycles. The summed E-state index contributed by atoms with van der Waals surface area (Å²) in [5.41, 5.74) is 4.12. The summed E-state index contributed by atoms with van der Waals surface area (Å²) in [7, 11) is 1.87. The van der Waals surface area contributed by atoms with Gasteiger partial charge in [0, 0.05) is 82.8 Å². The Balaban J connectivity index is 1.35. The van der Waals surface area contributed by atoms with E-state index >= 15 is 0 Å². The van der Waals surface area contributed by atoms with Crippen LogP contribution in [0.3, 0.4) is 0 Å². The predicted molar refractivity (Wildman–Crippen MR) is 180 cm³/mol. The van der Waals surface area contributed by atoms with Gasteiger partial charge in [-0.1, -0.05) is 0 Å². The van der Waals surface area contributed by atoms with Crippen LogP contribution in [0.2, 0.25) is 0 Å². The Morgan fingerprint density at radius 2 is 2.04 bits per heavy atom. The number of piperidine rings is 1. The van der Waals surface area contributed by atoms with Crippen LogP contribution in [0.1, 0.15) is 44.2 Å². The molecule has 0 radical (unpaired) electrons. The van der Waals surface area contributed by atoms with Crippen LogP contribution >= 0.6 is 22.7 Å². The molecule has 2 aliphatic rings. The molecule has 2 aliphatic heterocycles. The van der Waals surface area contributed by atoms with Crippen molar-refractivity contribution in [2.45, 2.75) is 52.2 Å². The van der Waals surface area contributed by atoms with Crippen molar-refractivity contribution in [3.8, 4) is 38.8 Å². The Morgan fingerprint density at radius 1 is 1.19 bits per heavy atom. The normalized spacial score (nSPS) is 16.7. The standard InChI is InChI=1S/C34H35FN6O4S2/c1-34(2,3)45-33(43)41-11-8-24-26(17-41)47-32(38-24)30-28(31-23(9-12-46-31)29(39-30)20-15-37-40(4)16-20)22-6-5-21(35)14-25(22)44-18-19-7-10-36-27(42)13-19/h5-6,9,12,14-16,19H,7-8,10-11,13,17-18H2,1-4H3,(H,36,42). The van der Waals surface area contributed by atoms with Crippen LogP contribution in [0.4, 0.5) is 9.18 Å². The molecular weight excluding hydrogens is 640 g/mol. The molecule has 5 aromatic rings. The van der Waals surface area contributed by atoms with Gasteiger partial charge in [-0.25, -0.2) is 19.2 Å². The first-order chi connectivity index (χ1) is 22.5. The number of carbonyl (C=O) groups excluding carboxylic acids is 2. The number of hydrogen-bond acceptors (Lipinski definition) is 9. The third-order valence-corrected chi connectivity index (χ3v) is 10.2. The highest BCUT2D eigenvalue weighted by molar-refractivity contribution is 7.18. The van der Waals surface area contributed by atoms with Crippen molar-refractivity contribution in [1.82, 2.24) is 30.0 Å². The summed E-state index contributed by atoms with van der Waals surface area (Å²) in [5.74, 6) is 0.00659. The second kappa shape index (κ2) is 12.3. The molecule has 7 rings (SSSR count). The summed E-state index contributed by atoms with van der Waals surface area (Å²) in [5, 5.41) is 10.9. The number of aryl methyl sites for hydroxylation is 1. The van der Waals surface area contributed by atoms with E-state index in [0.717, 1.165) is 43.9 Å². The van der Waals surface area contributed by atoms with E-state index in [0.29, 0.717) is 61.1 Å². The van der Waals surface area contributed by atoms with Crippen molar-refractivity contribution in [3.63, 3.8) is 0 Å². The number of ether oxygens (including phenoxy) is 2. The number of halogens is 1. The van der Waals surface area contributed by atoms with Crippen LogP contribution < -0.4 is 10.1 Å². The molecule has 244 valence electrons. The van der Waals surface area contributed by atoms with Crippen molar-refractivity contribution in [2.75, 3.05) is 19.7 Å². The van der Waals surface area contributed by atoms with Gasteiger partial charge in [-0.3, -0.25) is 9.48 Å². The Labute approximate surface area is 279 Å². The van der Waals surface area contributed by atoms with Crippen molar-refractivity contribution >= 4 is 44.8 Å². The number of amides is 2. The van der Waals surface area contributed by atoms with Crippen LogP contribution in [0, 0.1) is 11.7 Å². The minimum Gasteiger partial charge on any atom is -0.493 e. The topological polar surface area (TPSA) is 111 Å². The minimum absolute atomic E-state index is 0.0000532. The number of nitrogens with one attached hydrogen (secondary N) is 1. The van der Waals surface area contributed by atoms with Gasteiger partial charge in [-0.2, -0.15) is 5.10 Å². The van der Waals surface area contributed by atoms with Gasteiger partial charge < -0.3 is 19.7 Å². The van der Waals surface area contributed by atoms with Gasteiger partial charge in [0.1, 0.15) is 27.9 Å². The predicted octanol–water partition coefficient (Wildman–Crippen LogP) is 6.82. The molecule has 1 unspecified atom stereocenters. The number of thiazole rings is 1. The zero-order chi connectivity index (χ0) is 32.9. The van der Waals surface area contributed by atoms with E-state index in [9.17, 15) is 14.0 Å². The van der Waals surface area contributed by atoms with Crippen LogP contribution in [-0.2, 0) is 29.5 Å². The number of carbonyl (C=O) groups is 2. The Hall–Kier alpha value is -4.36. The van der Waals surface area contributed by atoms with Crippen molar-refractivity contribution in [2.24, 2.45) is 13.0 Å². The summed E-state index contributed by atoms with van der Waals surface area (Å²) >= 11 is 3.08. The molecule has 1 atom stereocenters. The summed E-state index contributed by atoms with van der Waals surface area (Å²) < 4.78 is 29.5. The Bertz CT molecular complexity index is 1990. The molecule has 1 N–H and O–H groups in total. The number of benzene rings is 1.